The van der Waals surface area contributed by atoms with E-state index in [0.717, 1.165) is 11.3 Å². The molecule has 0 atom stereocenters. The van der Waals surface area contributed by atoms with Gasteiger partial charge in [-0.15, -0.1) is 11.3 Å². The maximum Gasteiger partial charge on any atom is 0.341 e. The molecule has 3 rings (SSSR count). The Balaban J connectivity index is 1.71. The predicted molar refractivity (Wildman–Crippen MR) is 127 cm³/mol. The van der Waals surface area contributed by atoms with Crippen LogP contribution in [-0.2, 0) is 11.3 Å². The number of benzene rings is 1. The minimum Gasteiger partial charge on any atom is -0.486 e. The molecule has 174 valence electrons. The number of Topliss-reactive ketones (excluding diaryl/α,β-unsaturated/α-hetero) is 1. The van der Waals surface area contributed by atoms with Crippen LogP contribution in [0.2, 0.25) is 0 Å². The van der Waals surface area contributed by atoms with Gasteiger partial charge in [0.1, 0.15) is 23.1 Å². The molecule has 0 saturated heterocycles. The van der Waals surface area contributed by atoms with Crippen LogP contribution in [0.3, 0.4) is 0 Å². The van der Waals surface area contributed by atoms with Crippen LogP contribution in [0, 0.1) is 6.92 Å². The second kappa shape index (κ2) is 10.5. The highest BCUT2D eigenvalue weighted by molar-refractivity contribution is 7.18. The first kappa shape index (κ1) is 24.3. The lowest BCUT2D eigenvalue weighted by atomic mass is 10.0. The van der Waals surface area contributed by atoms with Gasteiger partial charge in [0.15, 0.2) is 11.5 Å². The normalized spacial score (nSPS) is 10.8. The lowest BCUT2D eigenvalue weighted by molar-refractivity contribution is 0.0527. The van der Waals surface area contributed by atoms with E-state index >= 15 is 0 Å². The molecule has 0 aliphatic carbocycles. The molecule has 0 bridgehead atoms. The lowest BCUT2D eigenvalue weighted by Crippen LogP contribution is -2.14. The zero-order chi connectivity index (χ0) is 24.1. The van der Waals surface area contributed by atoms with Crippen molar-refractivity contribution in [2.75, 3.05) is 11.9 Å². The van der Waals surface area contributed by atoms with Gasteiger partial charge in [0.2, 0.25) is 0 Å². The van der Waals surface area contributed by atoms with Gasteiger partial charge in [0.25, 0.3) is 5.91 Å². The maximum absolute atomic E-state index is 12.7. The smallest absolute Gasteiger partial charge is 0.341 e. The summed E-state index contributed by atoms with van der Waals surface area (Å²) in [4.78, 5) is 37.5. The van der Waals surface area contributed by atoms with Crippen molar-refractivity contribution in [2.24, 2.45) is 0 Å². The third-order valence-electron chi connectivity index (χ3n) is 4.99. The molecule has 2 heterocycles. The largest absolute Gasteiger partial charge is 0.486 e. The monoisotopic (exact) mass is 469 g/mol. The van der Waals surface area contributed by atoms with Crippen LogP contribution in [0.4, 0.5) is 5.00 Å². The van der Waals surface area contributed by atoms with Crippen molar-refractivity contribution in [2.45, 2.75) is 47.1 Å². The summed E-state index contributed by atoms with van der Waals surface area (Å²) in [5.41, 5.74) is 1.89. The third kappa shape index (κ3) is 5.70. The summed E-state index contributed by atoms with van der Waals surface area (Å²) in [5.74, 6) is 0.359. The van der Waals surface area contributed by atoms with Crippen LogP contribution in [0.15, 0.2) is 40.8 Å². The highest BCUT2D eigenvalue weighted by Crippen LogP contribution is 2.34. The first-order valence-corrected chi connectivity index (χ1v) is 11.5. The molecule has 0 spiro atoms. The number of furan rings is 1. The molecule has 3 aromatic rings. The van der Waals surface area contributed by atoms with E-state index in [-0.39, 0.29) is 35.3 Å². The molecule has 1 amide bonds. The Morgan fingerprint density at radius 2 is 1.79 bits per heavy atom. The fourth-order valence-electron chi connectivity index (χ4n) is 3.23. The molecular weight excluding hydrogens is 442 g/mol. The molecule has 1 aromatic carbocycles. The number of hydrogen-bond acceptors (Lipinski definition) is 7. The van der Waals surface area contributed by atoms with Gasteiger partial charge in [-0.1, -0.05) is 26.0 Å². The number of thiophene rings is 1. The van der Waals surface area contributed by atoms with Gasteiger partial charge in [-0.3, -0.25) is 9.59 Å². The first-order chi connectivity index (χ1) is 15.7. The van der Waals surface area contributed by atoms with E-state index in [1.165, 1.54) is 18.6 Å². The van der Waals surface area contributed by atoms with Crippen LogP contribution in [0.1, 0.15) is 81.1 Å². The van der Waals surface area contributed by atoms with Crippen molar-refractivity contribution in [1.82, 2.24) is 0 Å². The van der Waals surface area contributed by atoms with Crippen molar-refractivity contribution in [3.63, 3.8) is 0 Å². The number of anilines is 1. The Morgan fingerprint density at radius 3 is 2.39 bits per heavy atom. The summed E-state index contributed by atoms with van der Waals surface area (Å²) in [6.45, 7) is 9.35. The summed E-state index contributed by atoms with van der Waals surface area (Å²) < 4.78 is 16.5. The quantitative estimate of drug-likeness (QED) is 0.306. The van der Waals surface area contributed by atoms with Crippen LogP contribution >= 0.6 is 11.3 Å². The Hall–Kier alpha value is -3.39. The number of carbonyl (C=O) groups excluding carboxylic acids is 3. The van der Waals surface area contributed by atoms with Crippen molar-refractivity contribution in [3.05, 3.63) is 69.5 Å². The number of amides is 1. The van der Waals surface area contributed by atoms with Crippen LogP contribution in [-0.4, -0.2) is 24.3 Å². The highest BCUT2D eigenvalue weighted by Gasteiger charge is 2.26. The fourth-order valence-corrected chi connectivity index (χ4v) is 4.32. The van der Waals surface area contributed by atoms with Gasteiger partial charge >= 0.3 is 5.97 Å². The van der Waals surface area contributed by atoms with Gasteiger partial charge < -0.3 is 19.2 Å². The van der Waals surface area contributed by atoms with Gasteiger partial charge in [-0.05, 0) is 62.1 Å². The fraction of sp³-hybridized carbons (Fsp3) is 0.320. The molecule has 0 saturated carbocycles. The lowest BCUT2D eigenvalue weighted by Gasteiger charge is -2.08. The topological polar surface area (TPSA) is 94.8 Å². The summed E-state index contributed by atoms with van der Waals surface area (Å²) in [7, 11) is 0. The molecule has 0 fully saturated rings. The summed E-state index contributed by atoms with van der Waals surface area (Å²) >= 11 is 1.04. The zero-order valence-electron chi connectivity index (χ0n) is 19.3. The summed E-state index contributed by atoms with van der Waals surface area (Å²) in [6.07, 6.45) is 0. The molecule has 0 aliphatic rings. The van der Waals surface area contributed by atoms with E-state index in [9.17, 15) is 14.4 Å². The second-order valence-electron chi connectivity index (χ2n) is 7.77. The summed E-state index contributed by atoms with van der Waals surface area (Å²) in [6, 6.07) is 11.0. The standard InChI is InChI=1S/C25H27NO6S/c1-6-30-25(29)21-15(4)22(16(5)27)33-24(21)26-23(28)20-12-11-19(32-20)13-31-18-9-7-17(8-10-18)14(2)3/h7-12,14H,6,13H2,1-5H3,(H,26,28). The molecule has 7 nitrogen and oxygen atoms in total. The van der Waals surface area contributed by atoms with Crippen LogP contribution in [0.25, 0.3) is 0 Å². The molecule has 0 radical (unpaired) electrons. The predicted octanol–water partition coefficient (Wildman–Crippen LogP) is 5.98. The minimum absolute atomic E-state index is 0.0639. The number of esters is 1. The van der Waals surface area contributed by atoms with Crippen molar-refractivity contribution >= 4 is 34.0 Å². The second-order valence-corrected chi connectivity index (χ2v) is 8.79. The van der Waals surface area contributed by atoms with Crippen molar-refractivity contribution < 1.29 is 28.3 Å². The van der Waals surface area contributed by atoms with E-state index in [0.29, 0.717) is 27.9 Å². The minimum atomic E-state index is -0.592. The number of ketones is 1. The number of rotatable bonds is 9. The molecule has 0 unspecified atom stereocenters. The Morgan fingerprint density at radius 1 is 1.09 bits per heavy atom. The average molecular weight is 470 g/mol. The molecular formula is C25H27NO6S. The SMILES string of the molecule is CCOC(=O)c1c(NC(=O)c2ccc(COc3ccc(C(C)C)cc3)o2)sc(C(C)=O)c1C. The van der Waals surface area contributed by atoms with Gasteiger partial charge in [0, 0.05) is 0 Å². The van der Waals surface area contributed by atoms with E-state index in [2.05, 4.69) is 19.2 Å². The van der Waals surface area contributed by atoms with E-state index in [1.54, 1.807) is 19.9 Å². The van der Waals surface area contributed by atoms with Crippen LogP contribution in [0.5, 0.6) is 5.75 Å². The Labute approximate surface area is 196 Å². The van der Waals surface area contributed by atoms with Crippen molar-refractivity contribution in [1.29, 1.82) is 0 Å². The number of nitrogens with one attached hydrogen (secondary N) is 1. The number of carbonyl (C=O) groups is 3. The Bertz CT molecular complexity index is 1160. The molecule has 0 aliphatic heterocycles. The first-order valence-electron chi connectivity index (χ1n) is 10.7. The molecule has 8 heteroatoms. The third-order valence-corrected chi connectivity index (χ3v) is 6.29. The molecule has 2 aromatic heterocycles. The maximum atomic E-state index is 12.7. The van der Waals surface area contributed by atoms with Gasteiger partial charge in [-0.2, -0.15) is 0 Å². The molecule has 1 N–H and O–H groups in total. The number of hydrogen-bond donors (Lipinski definition) is 1. The number of ether oxygens (including phenoxy) is 2. The average Bonchev–Trinajstić information content (AvgIpc) is 3.37. The van der Waals surface area contributed by atoms with E-state index in [4.69, 9.17) is 13.9 Å². The zero-order valence-corrected chi connectivity index (χ0v) is 20.1. The van der Waals surface area contributed by atoms with Gasteiger partial charge in [0.05, 0.1) is 17.0 Å². The van der Waals surface area contributed by atoms with E-state index in [1.807, 2.05) is 24.3 Å². The van der Waals surface area contributed by atoms with Crippen molar-refractivity contribution in [3.8, 4) is 5.75 Å². The molecule has 33 heavy (non-hydrogen) atoms. The van der Waals surface area contributed by atoms with E-state index < -0.39 is 11.9 Å². The Kier molecular flexibility index (Phi) is 7.71. The highest BCUT2D eigenvalue weighted by atomic mass is 32.1. The van der Waals surface area contributed by atoms with Crippen LogP contribution < -0.4 is 10.1 Å². The summed E-state index contributed by atoms with van der Waals surface area (Å²) in [5, 5.41) is 2.93. The van der Waals surface area contributed by atoms with Gasteiger partial charge in [-0.25, -0.2) is 4.79 Å².